The molecule has 4 nitrogen and oxygen atoms in total. The van der Waals surface area contributed by atoms with Crippen LogP contribution in [0.15, 0.2) is 12.4 Å². The minimum Gasteiger partial charge on any atom is -0.366 e. The van der Waals surface area contributed by atoms with Crippen LogP contribution in [0.2, 0.25) is 0 Å². The van der Waals surface area contributed by atoms with E-state index in [4.69, 9.17) is 5.73 Å². The lowest BCUT2D eigenvalue weighted by Crippen LogP contribution is -2.22. The van der Waals surface area contributed by atoms with Crippen LogP contribution in [0.3, 0.4) is 0 Å². The van der Waals surface area contributed by atoms with Crippen LogP contribution >= 0.6 is 0 Å². The molecule has 0 aromatic carbocycles. The van der Waals surface area contributed by atoms with Crippen LogP contribution in [-0.2, 0) is 5.54 Å². The number of hydrogen-bond acceptors (Lipinski definition) is 2. The molecule has 0 atom stereocenters. The molecule has 12 heavy (non-hydrogen) atoms. The molecule has 66 valence electrons. The van der Waals surface area contributed by atoms with E-state index in [1.165, 1.54) is 6.20 Å². The molecular formula is C8H13N3O. The summed E-state index contributed by atoms with van der Waals surface area (Å²) >= 11 is 0. The Hall–Kier alpha value is -1.32. The van der Waals surface area contributed by atoms with Gasteiger partial charge in [-0.05, 0) is 20.8 Å². The lowest BCUT2D eigenvalue weighted by molar-refractivity contribution is 0.1000. The molecule has 0 unspecified atom stereocenters. The second-order valence-corrected chi connectivity index (χ2v) is 3.71. The fourth-order valence-electron chi connectivity index (χ4n) is 0.817. The first kappa shape index (κ1) is 8.77. The maximum absolute atomic E-state index is 10.7. The van der Waals surface area contributed by atoms with Crippen LogP contribution in [0.1, 0.15) is 31.1 Å². The summed E-state index contributed by atoms with van der Waals surface area (Å²) < 4.78 is 1.72. The van der Waals surface area contributed by atoms with Crippen LogP contribution in [0, 0.1) is 0 Å². The number of carbonyl (C=O) groups is 1. The largest absolute Gasteiger partial charge is 0.366 e. The molecule has 0 aliphatic rings. The first-order valence-corrected chi connectivity index (χ1v) is 3.76. The second kappa shape index (κ2) is 2.62. The van der Waals surface area contributed by atoms with E-state index in [2.05, 4.69) is 5.10 Å². The van der Waals surface area contributed by atoms with Crippen molar-refractivity contribution in [1.82, 2.24) is 9.78 Å². The van der Waals surface area contributed by atoms with E-state index < -0.39 is 5.91 Å². The molecule has 1 rings (SSSR count). The summed E-state index contributed by atoms with van der Waals surface area (Å²) in [5.41, 5.74) is 5.42. The van der Waals surface area contributed by atoms with Gasteiger partial charge in [-0.2, -0.15) is 5.10 Å². The molecular weight excluding hydrogens is 154 g/mol. The number of nitrogens with zero attached hydrogens (tertiary/aromatic N) is 2. The molecule has 2 N–H and O–H groups in total. The third kappa shape index (κ3) is 1.64. The molecule has 0 radical (unpaired) electrons. The van der Waals surface area contributed by atoms with Gasteiger partial charge in [0, 0.05) is 6.20 Å². The van der Waals surface area contributed by atoms with Gasteiger partial charge in [-0.25, -0.2) is 0 Å². The summed E-state index contributed by atoms with van der Waals surface area (Å²) in [6.45, 7) is 6.01. The highest BCUT2D eigenvalue weighted by atomic mass is 16.1. The predicted octanol–water partition coefficient (Wildman–Crippen LogP) is 0.737. The number of carbonyl (C=O) groups excluding carboxylic acids is 1. The molecule has 1 amide bonds. The Bertz CT molecular complexity index is 295. The summed E-state index contributed by atoms with van der Waals surface area (Å²) in [5.74, 6) is -0.439. The molecule has 4 heteroatoms. The Balaban J connectivity index is 3.00. The van der Waals surface area contributed by atoms with Crippen molar-refractivity contribution in [3.63, 3.8) is 0 Å². The Morgan fingerprint density at radius 1 is 1.58 bits per heavy atom. The average Bonchev–Trinajstić information content (AvgIpc) is 2.30. The maximum atomic E-state index is 10.7. The Morgan fingerprint density at radius 3 is 2.42 bits per heavy atom. The standard InChI is InChI=1S/C8H13N3O/c1-8(2,3)11-5-6(4-10-11)7(9)12/h4-5H,1-3H3,(H2,9,12). The summed E-state index contributed by atoms with van der Waals surface area (Å²) in [4.78, 5) is 10.7. The number of primary amides is 1. The van der Waals surface area contributed by atoms with Gasteiger partial charge in [0.2, 0.25) is 0 Å². The number of rotatable bonds is 1. The molecule has 0 bridgehead atoms. The third-order valence-corrected chi connectivity index (χ3v) is 1.55. The van der Waals surface area contributed by atoms with Gasteiger partial charge in [-0.1, -0.05) is 0 Å². The zero-order chi connectivity index (χ0) is 9.35. The van der Waals surface area contributed by atoms with Crippen molar-refractivity contribution in [2.75, 3.05) is 0 Å². The molecule has 0 aliphatic heterocycles. The van der Waals surface area contributed by atoms with E-state index in [-0.39, 0.29) is 5.54 Å². The highest BCUT2D eigenvalue weighted by Gasteiger charge is 2.15. The van der Waals surface area contributed by atoms with E-state index in [9.17, 15) is 4.79 Å². The van der Waals surface area contributed by atoms with E-state index in [1.807, 2.05) is 20.8 Å². The van der Waals surface area contributed by atoms with Crippen molar-refractivity contribution in [3.8, 4) is 0 Å². The van der Waals surface area contributed by atoms with Crippen molar-refractivity contribution in [2.45, 2.75) is 26.3 Å². The summed E-state index contributed by atoms with van der Waals surface area (Å²) in [7, 11) is 0. The maximum Gasteiger partial charge on any atom is 0.251 e. The molecule has 0 spiro atoms. The summed E-state index contributed by atoms with van der Waals surface area (Å²) in [5, 5.41) is 4.02. The molecule has 1 aromatic heterocycles. The number of aromatic nitrogens is 2. The van der Waals surface area contributed by atoms with Crippen molar-refractivity contribution < 1.29 is 4.79 Å². The van der Waals surface area contributed by atoms with Gasteiger partial charge < -0.3 is 5.73 Å². The molecule has 0 fully saturated rings. The first-order valence-electron chi connectivity index (χ1n) is 3.76. The van der Waals surface area contributed by atoms with Gasteiger partial charge in [0.1, 0.15) is 0 Å². The highest BCUT2D eigenvalue weighted by Crippen LogP contribution is 2.12. The number of amides is 1. The third-order valence-electron chi connectivity index (χ3n) is 1.55. The van der Waals surface area contributed by atoms with Crippen molar-refractivity contribution in [1.29, 1.82) is 0 Å². The Morgan fingerprint density at radius 2 is 2.17 bits per heavy atom. The fraction of sp³-hybridized carbons (Fsp3) is 0.500. The van der Waals surface area contributed by atoms with Crippen molar-refractivity contribution in [2.24, 2.45) is 5.73 Å². The molecule has 1 heterocycles. The minimum atomic E-state index is -0.439. The van der Waals surface area contributed by atoms with Gasteiger partial charge >= 0.3 is 0 Å². The molecule has 0 saturated heterocycles. The van der Waals surface area contributed by atoms with E-state index in [0.29, 0.717) is 5.56 Å². The Kier molecular flexibility index (Phi) is 1.92. The topological polar surface area (TPSA) is 60.9 Å². The predicted molar refractivity (Wildman–Crippen MR) is 45.7 cm³/mol. The smallest absolute Gasteiger partial charge is 0.251 e. The van der Waals surface area contributed by atoms with Crippen LogP contribution in [-0.4, -0.2) is 15.7 Å². The van der Waals surface area contributed by atoms with Crippen molar-refractivity contribution in [3.05, 3.63) is 18.0 Å². The lowest BCUT2D eigenvalue weighted by atomic mass is 10.1. The average molecular weight is 167 g/mol. The zero-order valence-electron chi connectivity index (χ0n) is 7.53. The molecule has 0 saturated carbocycles. The van der Waals surface area contributed by atoms with E-state index in [0.717, 1.165) is 0 Å². The van der Waals surface area contributed by atoms with Crippen LogP contribution in [0.5, 0.6) is 0 Å². The van der Waals surface area contributed by atoms with Gasteiger partial charge in [0.25, 0.3) is 5.91 Å². The molecule has 1 aromatic rings. The van der Waals surface area contributed by atoms with E-state index in [1.54, 1.807) is 10.9 Å². The second-order valence-electron chi connectivity index (χ2n) is 3.71. The van der Waals surface area contributed by atoms with Crippen LogP contribution in [0.25, 0.3) is 0 Å². The van der Waals surface area contributed by atoms with Crippen LogP contribution in [0.4, 0.5) is 0 Å². The quantitative estimate of drug-likeness (QED) is 0.670. The SMILES string of the molecule is CC(C)(C)n1cc(C(N)=O)cn1. The number of hydrogen-bond donors (Lipinski definition) is 1. The van der Waals surface area contributed by atoms with Gasteiger partial charge in [0.05, 0.1) is 17.3 Å². The lowest BCUT2D eigenvalue weighted by Gasteiger charge is -2.18. The van der Waals surface area contributed by atoms with Crippen LogP contribution < -0.4 is 5.73 Å². The first-order chi connectivity index (χ1) is 5.41. The monoisotopic (exact) mass is 167 g/mol. The zero-order valence-corrected chi connectivity index (χ0v) is 7.53. The number of nitrogens with two attached hydrogens (primary N) is 1. The normalized spacial score (nSPS) is 11.6. The van der Waals surface area contributed by atoms with E-state index >= 15 is 0 Å². The van der Waals surface area contributed by atoms with Crippen molar-refractivity contribution >= 4 is 5.91 Å². The summed E-state index contributed by atoms with van der Waals surface area (Å²) in [6, 6.07) is 0. The van der Waals surface area contributed by atoms with Gasteiger partial charge in [-0.15, -0.1) is 0 Å². The van der Waals surface area contributed by atoms with Gasteiger partial charge in [0.15, 0.2) is 0 Å². The minimum absolute atomic E-state index is 0.103. The molecule has 0 aliphatic carbocycles. The van der Waals surface area contributed by atoms with Gasteiger partial charge in [-0.3, -0.25) is 9.48 Å². The Labute approximate surface area is 71.4 Å². The summed E-state index contributed by atoms with van der Waals surface area (Å²) in [6.07, 6.45) is 3.13. The fourth-order valence-corrected chi connectivity index (χ4v) is 0.817. The highest BCUT2D eigenvalue weighted by molar-refractivity contribution is 5.92.